The zero-order chi connectivity index (χ0) is 18.4. The number of nitrogens with one attached hydrogen (secondary N) is 1. The number of carbonyl (C=O) groups is 1. The molecule has 1 amide bonds. The molecule has 0 atom stereocenters. The third-order valence-electron chi connectivity index (χ3n) is 4.71. The Bertz CT molecular complexity index is 766. The van der Waals surface area contributed by atoms with Crippen molar-refractivity contribution in [2.75, 3.05) is 33.3 Å². The maximum absolute atomic E-state index is 12.4. The summed E-state index contributed by atoms with van der Waals surface area (Å²) >= 11 is 3.50. The predicted molar refractivity (Wildman–Crippen MR) is 107 cm³/mol. The molecule has 26 heavy (non-hydrogen) atoms. The lowest BCUT2D eigenvalue weighted by Gasteiger charge is -2.31. The zero-order valence-electron chi connectivity index (χ0n) is 15.0. The Hall–Kier alpha value is -2.11. The van der Waals surface area contributed by atoms with Crippen LogP contribution in [-0.2, 0) is 11.3 Å². The molecule has 3 rings (SSSR count). The predicted octanol–water partition coefficient (Wildman–Crippen LogP) is 2.40. The van der Waals surface area contributed by atoms with Gasteiger partial charge in [0.2, 0.25) is 5.91 Å². The molecule has 0 bridgehead atoms. The van der Waals surface area contributed by atoms with Gasteiger partial charge in [-0.3, -0.25) is 4.79 Å². The van der Waals surface area contributed by atoms with Crippen LogP contribution in [0.1, 0.15) is 11.1 Å². The lowest BCUT2D eigenvalue weighted by atomic mass is 10.2. The highest BCUT2D eigenvalue weighted by atomic mass is 79.9. The van der Waals surface area contributed by atoms with E-state index in [1.165, 1.54) is 10.5 Å². The molecule has 136 valence electrons. The third kappa shape index (κ3) is 4.96. The standard InChI is InChI=1S/C21H23BrN2O2/c1-26-19-9-6-17(7-10-19)16-23-12-14-24(15-13-23)21(25)11-8-18-4-2-3-5-20(18)22/h2-11H,12-16H2,1H3/p+1/b11-8+. The summed E-state index contributed by atoms with van der Waals surface area (Å²) in [6.45, 7) is 4.52. The summed E-state index contributed by atoms with van der Waals surface area (Å²) in [6, 6.07) is 16.1. The van der Waals surface area contributed by atoms with Crippen molar-refractivity contribution >= 4 is 27.9 Å². The van der Waals surface area contributed by atoms with Gasteiger partial charge in [-0.05, 0) is 42.0 Å². The number of quaternary nitrogens is 1. The summed E-state index contributed by atoms with van der Waals surface area (Å²) in [6.07, 6.45) is 3.55. The van der Waals surface area contributed by atoms with Crippen molar-refractivity contribution in [1.82, 2.24) is 4.90 Å². The first-order chi connectivity index (χ1) is 12.7. The molecule has 2 aromatic carbocycles. The van der Waals surface area contributed by atoms with Crippen LogP contribution in [0, 0.1) is 0 Å². The highest BCUT2D eigenvalue weighted by Crippen LogP contribution is 2.17. The van der Waals surface area contributed by atoms with Gasteiger partial charge < -0.3 is 14.5 Å². The number of amides is 1. The van der Waals surface area contributed by atoms with Crippen LogP contribution in [0.15, 0.2) is 59.1 Å². The molecule has 0 aliphatic carbocycles. The number of rotatable bonds is 5. The van der Waals surface area contributed by atoms with E-state index in [9.17, 15) is 4.79 Å². The molecule has 0 radical (unpaired) electrons. The van der Waals surface area contributed by atoms with Crippen LogP contribution in [0.4, 0.5) is 0 Å². The molecule has 1 aliphatic heterocycles. The van der Waals surface area contributed by atoms with Crippen LogP contribution in [0.25, 0.3) is 6.08 Å². The molecule has 1 aliphatic rings. The van der Waals surface area contributed by atoms with E-state index in [1.807, 2.05) is 47.4 Å². The number of piperazine rings is 1. The monoisotopic (exact) mass is 415 g/mol. The van der Waals surface area contributed by atoms with Crippen molar-refractivity contribution in [3.63, 3.8) is 0 Å². The summed E-state index contributed by atoms with van der Waals surface area (Å²) in [4.78, 5) is 15.9. The minimum absolute atomic E-state index is 0.0873. The second kappa shape index (κ2) is 9.01. The van der Waals surface area contributed by atoms with Gasteiger partial charge in [0.25, 0.3) is 0 Å². The maximum Gasteiger partial charge on any atom is 0.246 e. The van der Waals surface area contributed by atoms with Crippen LogP contribution in [0.3, 0.4) is 0 Å². The summed E-state index contributed by atoms with van der Waals surface area (Å²) in [7, 11) is 1.68. The van der Waals surface area contributed by atoms with Crippen molar-refractivity contribution in [1.29, 1.82) is 0 Å². The van der Waals surface area contributed by atoms with E-state index >= 15 is 0 Å². The summed E-state index contributed by atoms with van der Waals surface area (Å²) in [5, 5.41) is 0. The molecule has 5 heteroatoms. The Balaban J connectivity index is 1.49. The molecule has 1 heterocycles. The molecule has 0 saturated carbocycles. The van der Waals surface area contributed by atoms with E-state index in [-0.39, 0.29) is 5.91 Å². The van der Waals surface area contributed by atoms with Crippen LogP contribution >= 0.6 is 15.9 Å². The second-order valence-corrected chi connectivity index (χ2v) is 7.31. The quantitative estimate of drug-likeness (QED) is 0.760. The van der Waals surface area contributed by atoms with Crippen LogP contribution in [0.2, 0.25) is 0 Å². The van der Waals surface area contributed by atoms with Crippen molar-refractivity contribution in [3.8, 4) is 5.75 Å². The first-order valence-electron chi connectivity index (χ1n) is 8.84. The molecule has 0 unspecified atom stereocenters. The summed E-state index contributed by atoms with van der Waals surface area (Å²) in [5.74, 6) is 0.972. The fourth-order valence-electron chi connectivity index (χ4n) is 3.13. The molecule has 1 saturated heterocycles. The normalized spacial score (nSPS) is 15.4. The number of ether oxygens (including phenoxy) is 1. The lowest BCUT2D eigenvalue weighted by molar-refractivity contribution is -0.917. The SMILES string of the molecule is COc1ccc(C[NH+]2CCN(C(=O)/C=C/c3ccccc3Br)CC2)cc1. The Morgan fingerprint density at radius 3 is 2.50 bits per heavy atom. The van der Waals surface area contributed by atoms with E-state index in [1.54, 1.807) is 13.2 Å². The fraction of sp³-hybridized carbons (Fsp3) is 0.286. The lowest BCUT2D eigenvalue weighted by Crippen LogP contribution is -3.13. The highest BCUT2D eigenvalue weighted by molar-refractivity contribution is 9.10. The fourth-order valence-corrected chi connectivity index (χ4v) is 3.55. The van der Waals surface area contributed by atoms with Gasteiger partial charge >= 0.3 is 0 Å². The van der Waals surface area contributed by atoms with Gasteiger partial charge in [-0.25, -0.2) is 0 Å². The van der Waals surface area contributed by atoms with Gasteiger partial charge in [0.15, 0.2) is 0 Å². The maximum atomic E-state index is 12.4. The average molecular weight is 416 g/mol. The minimum atomic E-state index is 0.0873. The number of nitrogens with zero attached hydrogens (tertiary/aromatic N) is 1. The van der Waals surface area contributed by atoms with Crippen LogP contribution in [0.5, 0.6) is 5.75 Å². The Morgan fingerprint density at radius 2 is 1.85 bits per heavy atom. The average Bonchev–Trinajstić information content (AvgIpc) is 2.68. The van der Waals surface area contributed by atoms with Crippen molar-refractivity contribution in [2.45, 2.75) is 6.54 Å². The van der Waals surface area contributed by atoms with E-state index in [2.05, 4.69) is 28.1 Å². The topological polar surface area (TPSA) is 34.0 Å². The van der Waals surface area contributed by atoms with E-state index in [4.69, 9.17) is 4.74 Å². The summed E-state index contributed by atoms with van der Waals surface area (Å²) < 4.78 is 6.20. The number of hydrogen-bond donors (Lipinski definition) is 1. The molecule has 0 aromatic heterocycles. The van der Waals surface area contributed by atoms with Gasteiger partial charge in [0.1, 0.15) is 12.3 Å². The van der Waals surface area contributed by atoms with Crippen LogP contribution in [-0.4, -0.2) is 44.1 Å². The van der Waals surface area contributed by atoms with Crippen molar-refractivity contribution in [2.24, 2.45) is 0 Å². The van der Waals surface area contributed by atoms with Gasteiger partial charge in [-0.1, -0.05) is 34.1 Å². The summed E-state index contributed by atoms with van der Waals surface area (Å²) in [5.41, 5.74) is 2.32. The third-order valence-corrected chi connectivity index (χ3v) is 5.43. The number of benzene rings is 2. The molecule has 4 nitrogen and oxygen atoms in total. The van der Waals surface area contributed by atoms with Crippen LogP contribution < -0.4 is 9.64 Å². The molecule has 0 spiro atoms. The smallest absolute Gasteiger partial charge is 0.246 e. The van der Waals surface area contributed by atoms with Crippen molar-refractivity contribution < 1.29 is 14.4 Å². The number of halogens is 1. The Labute approximate surface area is 163 Å². The van der Waals surface area contributed by atoms with Gasteiger partial charge in [-0.2, -0.15) is 0 Å². The molecule has 1 N–H and O–H groups in total. The Kier molecular flexibility index (Phi) is 6.47. The first kappa shape index (κ1) is 18.7. The molecule has 1 fully saturated rings. The number of hydrogen-bond acceptors (Lipinski definition) is 2. The van der Waals surface area contributed by atoms with Gasteiger partial charge in [-0.15, -0.1) is 0 Å². The minimum Gasteiger partial charge on any atom is -0.497 e. The Morgan fingerprint density at radius 1 is 1.15 bits per heavy atom. The zero-order valence-corrected chi connectivity index (χ0v) is 16.5. The van der Waals surface area contributed by atoms with E-state index in [0.29, 0.717) is 0 Å². The first-order valence-corrected chi connectivity index (χ1v) is 9.63. The molecular weight excluding hydrogens is 392 g/mol. The van der Waals surface area contributed by atoms with E-state index in [0.717, 1.165) is 48.5 Å². The van der Waals surface area contributed by atoms with E-state index < -0.39 is 0 Å². The second-order valence-electron chi connectivity index (χ2n) is 6.45. The molecule has 2 aromatic rings. The number of methoxy groups -OCH3 is 1. The largest absolute Gasteiger partial charge is 0.497 e. The molecular formula is C21H24BrN2O2+. The van der Waals surface area contributed by atoms with Gasteiger partial charge in [0.05, 0.1) is 33.3 Å². The van der Waals surface area contributed by atoms with Gasteiger partial charge in [0, 0.05) is 16.1 Å². The number of carbonyl (C=O) groups excluding carboxylic acids is 1. The highest BCUT2D eigenvalue weighted by Gasteiger charge is 2.22. The van der Waals surface area contributed by atoms with Crippen molar-refractivity contribution in [3.05, 3.63) is 70.2 Å².